The van der Waals surface area contributed by atoms with Crippen molar-refractivity contribution in [2.75, 3.05) is 28.3 Å². The van der Waals surface area contributed by atoms with Crippen molar-refractivity contribution in [3.05, 3.63) is 89.5 Å². The Bertz CT molecular complexity index is 1120. The van der Waals surface area contributed by atoms with Crippen molar-refractivity contribution < 1.29 is 14.4 Å². The van der Waals surface area contributed by atoms with Crippen LogP contribution in [0.4, 0.5) is 11.4 Å². The van der Waals surface area contributed by atoms with Crippen LogP contribution in [0.2, 0.25) is 0 Å². The van der Waals surface area contributed by atoms with Crippen LogP contribution in [0.15, 0.2) is 83.4 Å². The molecule has 2 aromatic rings. The SMILES string of the molecule is O=C(CCl)N=C1C=CC(=C(c2ccc(NC(=O)CCl)cc2)c2ccc(NC(=O)CCl)cc2)C=C1. The average Bonchev–Trinajstić information content (AvgIpc) is 2.87. The molecule has 0 saturated heterocycles. The second kappa shape index (κ2) is 12.3. The zero-order chi connectivity index (χ0) is 24.5. The van der Waals surface area contributed by atoms with Gasteiger partial charge in [-0.1, -0.05) is 36.4 Å². The molecule has 6 nitrogen and oxygen atoms in total. The van der Waals surface area contributed by atoms with E-state index in [-0.39, 0.29) is 29.5 Å². The molecule has 9 heteroatoms. The van der Waals surface area contributed by atoms with Crippen LogP contribution in [0.3, 0.4) is 0 Å². The maximum absolute atomic E-state index is 11.6. The van der Waals surface area contributed by atoms with Crippen molar-refractivity contribution >= 4 is 75.2 Å². The summed E-state index contributed by atoms with van der Waals surface area (Å²) >= 11 is 16.7. The van der Waals surface area contributed by atoms with Gasteiger partial charge >= 0.3 is 0 Å². The van der Waals surface area contributed by atoms with Gasteiger partial charge in [-0.15, -0.1) is 34.8 Å². The van der Waals surface area contributed by atoms with E-state index in [9.17, 15) is 14.4 Å². The van der Waals surface area contributed by atoms with E-state index in [1.54, 1.807) is 36.4 Å². The Kier molecular flexibility index (Phi) is 9.22. The Balaban J connectivity index is 2.00. The number of halogens is 3. The molecule has 34 heavy (non-hydrogen) atoms. The van der Waals surface area contributed by atoms with Crippen molar-refractivity contribution in [3.63, 3.8) is 0 Å². The normalized spacial score (nSPS) is 12.3. The Morgan fingerprint density at radius 1 is 0.647 bits per heavy atom. The van der Waals surface area contributed by atoms with Crippen LogP contribution in [-0.2, 0) is 14.4 Å². The van der Waals surface area contributed by atoms with Crippen molar-refractivity contribution in [1.82, 2.24) is 0 Å². The summed E-state index contributed by atoms with van der Waals surface area (Å²) in [6.07, 6.45) is 7.21. The van der Waals surface area contributed by atoms with Crippen LogP contribution >= 0.6 is 34.8 Å². The number of benzene rings is 2. The zero-order valence-electron chi connectivity index (χ0n) is 17.9. The Hall–Kier alpha value is -3.19. The highest BCUT2D eigenvalue weighted by Gasteiger charge is 2.13. The molecule has 2 aromatic carbocycles. The van der Waals surface area contributed by atoms with Gasteiger partial charge in [0.2, 0.25) is 11.8 Å². The van der Waals surface area contributed by atoms with E-state index < -0.39 is 5.91 Å². The lowest BCUT2D eigenvalue weighted by atomic mass is 9.90. The predicted molar refractivity (Wildman–Crippen MR) is 139 cm³/mol. The molecule has 0 aliphatic heterocycles. The van der Waals surface area contributed by atoms with Crippen LogP contribution in [0.25, 0.3) is 5.57 Å². The van der Waals surface area contributed by atoms with Crippen LogP contribution in [-0.4, -0.2) is 41.1 Å². The Labute approximate surface area is 212 Å². The van der Waals surface area contributed by atoms with E-state index in [2.05, 4.69) is 15.6 Å². The third-order valence-corrected chi connectivity index (χ3v) is 5.40. The van der Waals surface area contributed by atoms with Gasteiger partial charge in [-0.2, -0.15) is 0 Å². The number of alkyl halides is 3. The summed E-state index contributed by atoms with van der Waals surface area (Å²) in [5, 5.41) is 5.43. The van der Waals surface area contributed by atoms with Crippen LogP contribution < -0.4 is 10.6 Å². The minimum atomic E-state index is -0.414. The van der Waals surface area contributed by atoms with Crippen LogP contribution in [0, 0.1) is 0 Å². The summed E-state index contributed by atoms with van der Waals surface area (Å²) in [5.74, 6) is -1.44. The molecule has 0 heterocycles. The van der Waals surface area contributed by atoms with Gasteiger partial charge in [0.25, 0.3) is 5.91 Å². The number of anilines is 2. The summed E-state index contributed by atoms with van der Waals surface area (Å²) in [4.78, 5) is 38.6. The van der Waals surface area contributed by atoms with Gasteiger partial charge in [-0.25, -0.2) is 4.99 Å². The lowest BCUT2D eigenvalue weighted by Crippen LogP contribution is -2.12. The predicted octanol–water partition coefficient (Wildman–Crippen LogP) is 5.18. The number of nitrogens with zero attached hydrogens (tertiary/aromatic N) is 1. The van der Waals surface area contributed by atoms with Gasteiger partial charge in [-0.3, -0.25) is 14.4 Å². The molecule has 0 aromatic heterocycles. The number of hydrogen-bond donors (Lipinski definition) is 2. The molecule has 2 N–H and O–H groups in total. The molecule has 0 atom stereocenters. The molecule has 0 radical (unpaired) electrons. The lowest BCUT2D eigenvalue weighted by molar-refractivity contribution is -0.115. The number of hydrogen-bond acceptors (Lipinski definition) is 3. The first kappa shape index (κ1) is 25.4. The van der Waals surface area contributed by atoms with E-state index in [1.807, 2.05) is 36.4 Å². The number of nitrogens with one attached hydrogen (secondary N) is 2. The van der Waals surface area contributed by atoms with Gasteiger partial charge in [-0.05, 0) is 58.7 Å². The second-order valence-corrected chi connectivity index (χ2v) is 7.88. The first-order valence-electron chi connectivity index (χ1n) is 10.1. The third-order valence-electron chi connectivity index (χ3n) is 4.68. The minimum absolute atomic E-state index is 0.130. The molecular formula is C25H20Cl3N3O3. The van der Waals surface area contributed by atoms with Gasteiger partial charge in [0.05, 0.1) is 5.71 Å². The maximum Gasteiger partial charge on any atom is 0.261 e. The summed E-state index contributed by atoms with van der Waals surface area (Å²) in [6.45, 7) is 0. The quantitative estimate of drug-likeness (QED) is 0.497. The first-order valence-corrected chi connectivity index (χ1v) is 11.7. The van der Waals surface area contributed by atoms with E-state index in [4.69, 9.17) is 34.8 Å². The second-order valence-electron chi connectivity index (χ2n) is 7.08. The molecule has 174 valence electrons. The fraction of sp³-hybridized carbons (Fsp3) is 0.120. The molecule has 0 saturated carbocycles. The highest BCUT2D eigenvalue weighted by atomic mass is 35.5. The molecule has 1 aliphatic rings. The maximum atomic E-state index is 11.6. The number of amides is 3. The molecular weight excluding hydrogens is 497 g/mol. The van der Waals surface area contributed by atoms with Crippen molar-refractivity contribution in [2.24, 2.45) is 4.99 Å². The van der Waals surface area contributed by atoms with Crippen LogP contribution in [0.5, 0.6) is 0 Å². The van der Waals surface area contributed by atoms with E-state index >= 15 is 0 Å². The molecule has 0 spiro atoms. The molecule has 0 unspecified atom stereocenters. The molecule has 0 fully saturated rings. The van der Waals surface area contributed by atoms with E-state index in [0.29, 0.717) is 17.1 Å². The average molecular weight is 517 g/mol. The fourth-order valence-corrected chi connectivity index (χ4v) is 3.40. The Morgan fingerprint density at radius 3 is 1.47 bits per heavy atom. The fourth-order valence-electron chi connectivity index (χ4n) is 3.21. The third kappa shape index (κ3) is 6.90. The monoisotopic (exact) mass is 515 g/mol. The van der Waals surface area contributed by atoms with Crippen molar-refractivity contribution in [3.8, 4) is 0 Å². The van der Waals surface area contributed by atoms with E-state index in [0.717, 1.165) is 22.3 Å². The van der Waals surface area contributed by atoms with Gasteiger partial charge in [0, 0.05) is 11.4 Å². The van der Waals surface area contributed by atoms with Gasteiger partial charge in [0.1, 0.15) is 17.6 Å². The summed E-state index contributed by atoms with van der Waals surface area (Å²) in [6, 6.07) is 14.7. The van der Waals surface area contributed by atoms with Gasteiger partial charge in [0.15, 0.2) is 0 Å². The number of carbonyl (C=O) groups is 3. The zero-order valence-corrected chi connectivity index (χ0v) is 20.1. The number of aliphatic imine (C=N–C) groups is 1. The number of rotatable bonds is 7. The standard InChI is InChI=1S/C25H20Cl3N3O3/c26-13-22(32)29-19-7-1-16(2-8-19)25(17-3-9-20(10-4-17)30-23(33)14-27)18-5-11-21(12-6-18)31-24(34)15-28/h1-12H,13-15H2,(H,29,32)(H,30,33). The molecule has 1 aliphatic carbocycles. The van der Waals surface area contributed by atoms with E-state index in [1.165, 1.54) is 0 Å². The highest BCUT2D eigenvalue weighted by molar-refractivity contribution is 6.29. The van der Waals surface area contributed by atoms with Gasteiger partial charge < -0.3 is 10.6 Å². The Morgan fingerprint density at radius 2 is 1.09 bits per heavy atom. The summed E-state index contributed by atoms with van der Waals surface area (Å²) in [5.41, 5.74) is 5.33. The summed E-state index contributed by atoms with van der Waals surface area (Å²) in [7, 11) is 0. The van der Waals surface area contributed by atoms with Crippen molar-refractivity contribution in [1.29, 1.82) is 0 Å². The summed E-state index contributed by atoms with van der Waals surface area (Å²) < 4.78 is 0. The molecule has 3 amide bonds. The number of allylic oxidation sites excluding steroid dienone is 5. The largest absolute Gasteiger partial charge is 0.325 e. The highest BCUT2D eigenvalue weighted by Crippen LogP contribution is 2.31. The minimum Gasteiger partial charge on any atom is -0.325 e. The van der Waals surface area contributed by atoms with Crippen LogP contribution in [0.1, 0.15) is 11.1 Å². The molecule has 3 rings (SSSR count). The lowest BCUT2D eigenvalue weighted by Gasteiger charge is -2.15. The van der Waals surface area contributed by atoms with Crippen molar-refractivity contribution in [2.45, 2.75) is 0 Å². The topological polar surface area (TPSA) is 87.6 Å². The first-order chi connectivity index (χ1) is 16.4. The smallest absolute Gasteiger partial charge is 0.261 e. The molecule has 0 bridgehead atoms. The number of carbonyl (C=O) groups excluding carboxylic acids is 3.